The summed E-state index contributed by atoms with van der Waals surface area (Å²) in [6, 6.07) is 6.57. The van der Waals surface area contributed by atoms with Gasteiger partial charge in [-0.3, -0.25) is 0 Å². The van der Waals surface area contributed by atoms with Gasteiger partial charge in [-0.1, -0.05) is 12.1 Å². The molecule has 2 rings (SSSR count). The van der Waals surface area contributed by atoms with Crippen LogP contribution in [0.5, 0.6) is 0 Å². The summed E-state index contributed by atoms with van der Waals surface area (Å²) >= 11 is 0. The van der Waals surface area contributed by atoms with Crippen LogP contribution in [-0.4, -0.2) is 13.6 Å². The molecule has 0 aliphatic carbocycles. The van der Waals surface area contributed by atoms with Gasteiger partial charge in [0.25, 0.3) is 0 Å². The Labute approximate surface area is 79.4 Å². The molecule has 1 aromatic carbocycles. The van der Waals surface area contributed by atoms with Crippen molar-refractivity contribution < 1.29 is 0 Å². The third-order valence-electron chi connectivity index (χ3n) is 2.79. The van der Waals surface area contributed by atoms with E-state index in [1.54, 1.807) is 0 Å². The number of anilines is 1. The fourth-order valence-electron chi connectivity index (χ4n) is 2.05. The Bertz CT molecular complexity index is 318. The highest BCUT2D eigenvalue weighted by Gasteiger charge is 2.19. The molecule has 1 heterocycles. The number of benzene rings is 1. The molecular weight excluding hydrogens is 160 g/mol. The van der Waals surface area contributed by atoms with Gasteiger partial charge in [-0.2, -0.15) is 0 Å². The van der Waals surface area contributed by atoms with E-state index >= 15 is 0 Å². The smallest absolute Gasteiger partial charge is 0.0400 e. The molecule has 0 bridgehead atoms. The van der Waals surface area contributed by atoms with Crippen LogP contribution in [0, 0.1) is 0 Å². The van der Waals surface area contributed by atoms with E-state index in [1.807, 2.05) is 6.92 Å². The molecule has 1 aliphatic rings. The van der Waals surface area contributed by atoms with Crippen molar-refractivity contribution in [1.29, 1.82) is 0 Å². The van der Waals surface area contributed by atoms with Crippen molar-refractivity contribution in [3.8, 4) is 0 Å². The van der Waals surface area contributed by atoms with Crippen molar-refractivity contribution in [2.24, 2.45) is 5.73 Å². The lowest BCUT2D eigenvalue weighted by atomic mass is 10.00. The Morgan fingerprint density at radius 3 is 2.92 bits per heavy atom. The molecule has 2 N–H and O–H groups in total. The summed E-state index contributed by atoms with van der Waals surface area (Å²) in [4.78, 5) is 2.29. The minimum Gasteiger partial charge on any atom is -0.374 e. The Balaban J connectivity index is 2.51. The highest BCUT2D eigenvalue weighted by atomic mass is 15.1. The highest BCUT2D eigenvalue weighted by Crippen LogP contribution is 2.31. The van der Waals surface area contributed by atoms with Crippen molar-refractivity contribution in [1.82, 2.24) is 0 Å². The van der Waals surface area contributed by atoms with Crippen LogP contribution in [0.2, 0.25) is 0 Å². The molecule has 2 heteroatoms. The van der Waals surface area contributed by atoms with Gasteiger partial charge in [-0.05, 0) is 30.5 Å². The van der Waals surface area contributed by atoms with Crippen LogP contribution in [-0.2, 0) is 6.42 Å². The van der Waals surface area contributed by atoms with Crippen molar-refractivity contribution in [2.45, 2.75) is 19.4 Å². The Morgan fingerprint density at radius 2 is 2.23 bits per heavy atom. The first-order valence-electron chi connectivity index (χ1n) is 4.78. The number of rotatable bonds is 1. The summed E-state index contributed by atoms with van der Waals surface area (Å²) in [6.45, 7) is 3.17. The predicted octanol–water partition coefficient (Wildman–Crippen LogP) is 1.70. The number of nitrogens with zero attached hydrogens (tertiary/aromatic N) is 1. The van der Waals surface area contributed by atoms with Gasteiger partial charge in [-0.25, -0.2) is 0 Å². The van der Waals surface area contributed by atoms with E-state index < -0.39 is 0 Å². The molecule has 1 aromatic rings. The maximum absolute atomic E-state index is 5.91. The monoisotopic (exact) mass is 176 g/mol. The van der Waals surface area contributed by atoms with Crippen LogP contribution in [0.15, 0.2) is 18.2 Å². The molecule has 0 saturated heterocycles. The molecule has 13 heavy (non-hydrogen) atoms. The molecule has 1 atom stereocenters. The molecule has 0 saturated carbocycles. The zero-order chi connectivity index (χ0) is 9.42. The molecule has 0 aromatic heterocycles. The van der Waals surface area contributed by atoms with E-state index in [0.717, 1.165) is 13.0 Å². The van der Waals surface area contributed by atoms with Crippen LogP contribution < -0.4 is 10.6 Å². The number of nitrogens with two attached hydrogens (primary N) is 1. The van der Waals surface area contributed by atoms with E-state index in [9.17, 15) is 0 Å². The quantitative estimate of drug-likeness (QED) is 0.705. The molecule has 1 aliphatic heterocycles. The summed E-state index contributed by atoms with van der Waals surface area (Å²) in [7, 11) is 2.14. The van der Waals surface area contributed by atoms with E-state index in [4.69, 9.17) is 5.73 Å². The van der Waals surface area contributed by atoms with Gasteiger partial charge in [-0.15, -0.1) is 0 Å². The Morgan fingerprint density at radius 1 is 1.46 bits per heavy atom. The minimum atomic E-state index is 0.154. The zero-order valence-corrected chi connectivity index (χ0v) is 8.25. The molecule has 0 spiro atoms. The lowest BCUT2D eigenvalue weighted by Gasteiger charge is -2.14. The first kappa shape index (κ1) is 8.57. The van der Waals surface area contributed by atoms with E-state index in [2.05, 4.69) is 30.1 Å². The van der Waals surface area contributed by atoms with Gasteiger partial charge in [0.15, 0.2) is 0 Å². The fraction of sp³-hybridized carbons (Fsp3) is 0.455. The molecule has 2 nitrogen and oxygen atoms in total. The summed E-state index contributed by atoms with van der Waals surface area (Å²) in [5.74, 6) is 0. The van der Waals surface area contributed by atoms with Crippen molar-refractivity contribution in [3.63, 3.8) is 0 Å². The first-order chi connectivity index (χ1) is 6.20. The fourth-order valence-corrected chi connectivity index (χ4v) is 2.05. The second kappa shape index (κ2) is 3.04. The molecular formula is C11H16N2. The maximum atomic E-state index is 5.91. The molecule has 0 fully saturated rings. The van der Waals surface area contributed by atoms with Crippen LogP contribution >= 0.6 is 0 Å². The van der Waals surface area contributed by atoms with Gasteiger partial charge < -0.3 is 10.6 Å². The van der Waals surface area contributed by atoms with Crippen molar-refractivity contribution in [3.05, 3.63) is 29.3 Å². The SMILES string of the molecule is CC(N)c1cccc2c1CCN2C. The lowest BCUT2D eigenvalue weighted by molar-refractivity contribution is 0.804. The predicted molar refractivity (Wildman–Crippen MR) is 56.0 cm³/mol. The lowest BCUT2D eigenvalue weighted by Crippen LogP contribution is -2.12. The summed E-state index contributed by atoms with van der Waals surface area (Å²) in [6.07, 6.45) is 1.14. The van der Waals surface area contributed by atoms with E-state index in [1.165, 1.54) is 16.8 Å². The third-order valence-corrected chi connectivity index (χ3v) is 2.79. The van der Waals surface area contributed by atoms with Crippen LogP contribution in [0.3, 0.4) is 0 Å². The van der Waals surface area contributed by atoms with Crippen LogP contribution in [0.1, 0.15) is 24.1 Å². The van der Waals surface area contributed by atoms with Gasteiger partial charge in [0.1, 0.15) is 0 Å². The van der Waals surface area contributed by atoms with Crippen molar-refractivity contribution in [2.75, 3.05) is 18.5 Å². The standard InChI is InChI=1S/C11H16N2/c1-8(12)9-4-3-5-11-10(9)6-7-13(11)2/h3-5,8H,6-7,12H2,1-2H3. The highest BCUT2D eigenvalue weighted by molar-refractivity contribution is 5.60. The Kier molecular flexibility index (Phi) is 2.00. The summed E-state index contributed by atoms with van der Waals surface area (Å²) < 4.78 is 0. The summed E-state index contributed by atoms with van der Waals surface area (Å²) in [5, 5.41) is 0. The average molecular weight is 176 g/mol. The summed E-state index contributed by atoms with van der Waals surface area (Å²) in [5.41, 5.74) is 10.0. The Hall–Kier alpha value is -1.02. The molecule has 0 radical (unpaired) electrons. The zero-order valence-electron chi connectivity index (χ0n) is 8.25. The minimum absolute atomic E-state index is 0.154. The number of likely N-dealkylation sites (N-methyl/N-ethyl adjacent to an activating group) is 1. The third kappa shape index (κ3) is 1.31. The second-order valence-electron chi connectivity index (χ2n) is 3.81. The van der Waals surface area contributed by atoms with Gasteiger partial charge in [0, 0.05) is 25.3 Å². The van der Waals surface area contributed by atoms with Gasteiger partial charge >= 0.3 is 0 Å². The normalized spacial score (nSPS) is 17.3. The van der Waals surface area contributed by atoms with E-state index in [-0.39, 0.29) is 6.04 Å². The van der Waals surface area contributed by atoms with Gasteiger partial charge in [0.2, 0.25) is 0 Å². The molecule has 70 valence electrons. The first-order valence-corrected chi connectivity index (χ1v) is 4.78. The number of hydrogen-bond acceptors (Lipinski definition) is 2. The molecule has 0 amide bonds. The number of hydrogen-bond donors (Lipinski definition) is 1. The van der Waals surface area contributed by atoms with Crippen molar-refractivity contribution >= 4 is 5.69 Å². The van der Waals surface area contributed by atoms with E-state index in [0.29, 0.717) is 0 Å². The van der Waals surface area contributed by atoms with Gasteiger partial charge in [0.05, 0.1) is 0 Å². The second-order valence-corrected chi connectivity index (χ2v) is 3.81. The average Bonchev–Trinajstić information content (AvgIpc) is 2.48. The topological polar surface area (TPSA) is 29.3 Å². The molecule has 1 unspecified atom stereocenters. The largest absolute Gasteiger partial charge is 0.374 e. The van der Waals surface area contributed by atoms with Crippen LogP contribution in [0.25, 0.3) is 0 Å². The number of fused-ring (bicyclic) bond motifs is 1. The van der Waals surface area contributed by atoms with Crippen LogP contribution in [0.4, 0.5) is 5.69 Å². The maximum Gasteiger partial charge on any atom is 0.0400 e.